The van der Waals surface area contributed by atoms with E-state index in [0.717, 1.165) is 30.0 Å². The number of hydrogen-bond donors (Lipinski definition) is 2. The lowest BCUT2D eigenvalue weighted by molar-refractivity contribution is -0.131. The van der Waals surface area contributed by atoms with Crippen LogP contribution in [0.25, 0.3) is 0 Å². The molecule has 1 aromatic carbocycles. The predicted molar refractivity (Wildman–Crippen MR) is 81.1 cm³/mol. The number of amidine groups is 1. The van der Waals surface area contributed by atoms with Gasteiger partial charge in [-0.15, -0.1) is 0 Å². The molecule has 2 rings (SSSR count). The van der Waals surface area contributed by atoms with Crippen LogP contribution in [0.5, 0.6) is 0 Å². The fourth-order valence-electron chi connectivity index (χ4n) is 2.29. The molecule has 20 heavy (non-hydrogen) atoms. The normalized spacial score (nSPS) is 18.4. The molecule has 0 saturated carbocycles. The number of carbonyl (C=O) groups is 1. The molecule has 0 spiro atoms. The first kappa shape index (κ1) is 14.7. The van der Waals surface area contributed by atoms with E-state index in [1.165, 1.54) is 0 Å². The zero-order chi connectivity index (χ0) is 14.4. The van der Waals surface area contributed by atoms with E-state index in [0.29, 0.717) is 6.54 Å². The highest BCUT2D eigenvalue weighted by Gasteiger charge is 2.29. The molecular formula is C14H19N3O2S. The highest BCUT2D eigenvalue weighted by molar-refractivity contribution is 7.99. The van der Waals surface area contributed by atoms with Gasteiger partial charge in [0, 0.05) is 18.8 Å². The van der Waals surface area contributed by atoms with Gasteiger partial charge in [0.05, 0.1) is 0 Å². The molecule has 1 amide bonds. The number of nitrogens with two attached hydrogens (primary N) is 1. The van der Waals surface area contributed by atoms with E-state index in [1.54, 1.807) is 0 Å². The zero-order valence-electron chi connectivity index (χ0n) is 11.2. The highest BCUT2D eigenvalue weighted by atomic mass is 32.2. The van der Waals surface area contributed by atoms with Crippen LogP contribution in [0.15, 0.2) is 35.5 Å². The Kier molecular flexibility index (Phi) is 5.29. The van der Waals surface area contributed by atoms with E-state index >= 15 is 0 Å². The fraction of sp³-hybridized carbons (Fsp3) is 0.429. The summed E-state index contributed by atoms with van der Waals surface area (Å²) in [4.78, 5) is 14.5. The van der Waals surface area contributed by atoms with Gasteiger partial charge < -0.3 is 15.8 Å². The molecule has 6 heteroatoms. The highest BCUT2D eigenvalue weighted by Crippen LogP contribution is 2.21. The number of carbonyl (C=O) groups excluding carboxylic acids is 1. The van der Waals surface area contributed by atoms with Crippen LogP contribution >= 0.6 is 11.8 Å². The van der Waals surface area contributed by atoms with Crippen molar-refractivity contribution in [2.45, 2.75) is 12.3 Å². The smallest absolute Gasteiger partial charge is 0.237 e. The summed E-state index contributed by atoms with van der Waals surface area (Å²) in [6.45, 7) is 1.44. The SMILES string of the molecule is NC(=NO)C(C(=O)N1CCCSCC1)c1ccccc1. The third-order valence-electron chi connectivity index (χ3n) is 3.33. The molecule has 5 nitrogen and oxygen atoms in total. The zero-order valence-corrected chi connectivity index (χ0v) is 12.1. The van der Waals surface area contributed by atoms with Crippen molar-refractivity contribution in [3.05, 3.63) is 35.9 Å². The number of nitrogens with zero attached hydrogens (tertiary/aromatic N) is 2. The minimum Gasteiger partial charge on any atom is -0.409 e. The summed E-state index contributed by atoms with van der Waals surface area (Å²) in [5, 5.41) is 12.0. The molecule has 1 unspecified atom stereocenters. The minimum atomic E-state index is -0.704. The topological polar surface area (TPSA) is 78.9 Å². The summed E-state index contributed by atoms with van der Waals surface area (Å²) in [5.74, 6) is 1.16. The summed E-state index contributed by atoms with van der Waals surface area (Å²) in [6, 6.07) is 9.22. The van der Waals surface area contributed by atoms with Crippen molar-refractivity contribution < 1.29 is 10.0 Å². The lowest BCUT2D eigenvalue weighted by Crippen LogP contribution is -2.41. The van der Waals surface area contributed by atoms with Crippen LogP contribution in [0.3, 0.4) is 0 Å². The van der Waals surface area contributed by atoms with Gasteiger partial charge in [0.2, 0.25) is 5.91 Å². The standard InChI is InChI=1S/C14H19N3O2S/c15-13(16-19)12(11-5-2-1-3-6-11)14(18)17-7-4-9-20-10-8-17/h1-3,5-6,12,19H,4,7-10H2,(H2,15,16). The maximum absolute atomic E-state index is 12.7. The van der Waals surface area contributed by atoms with Crippen molar-refractivity contribution in [1.29, 1.82) is 0 Å². The lowest BCUT2D eigenvalue weighted by atomic mass is 9.96. The van der Waals surface area contributed by atoms with Crippen molar-refractivity contribution >= 4 is 23.5 Å². The van der Waals surface area contributed by atoms with Crippen LogP contribution in [-0.4, -0.2) is 46.4 Å². The lowest BCUT2D eigenvalue weighted by Gasteiger charge is -2.25. The molecule has 0 aliphatic carbocycles. The Hall–Kier alpha value is -1.69. The average Bonchev–Trinajstić information content (AvgIpc) is 2.77. The van der Waals surface area contributed by atoms with Gasteiger partial charge in [-0.05, 0) is 17.7 Å². The van der Waals surface area contributed by atoms with E-state index in [1.807, 2.05) is 47.0 Å². The Morgan fingerprint density at radius 2 is 2.05 bits per heavy atom. The number of rotatable bonds is 3. The molecule has 1 heterocycles. The monoisotopic (exact) mass is 293 g/mol. The van der Waals surface area contributed by atoms with E-state index in [-0.39, 0.29) is 11.7 Å². The molecule has 0 radical (unpaired) electrons. The molecule has 0 aromatic heterocycles. The molecule has 108 valence electrons. The number of benzene rings is 1. The maximum Gasteiger partial charge on any atom is 0.237 e. The fourth-order valence-corrected chi connectivity index (χ4v) is 3.18. The maximum atomic E-state index is 12.7. The third kappa shape index (κ3) is 3.45. The van der Waals surface area contributed by atoms with Crippen LogP contribution in [0.4, 0.5) is 0 Å². The van der Waals surface area contributed by atoms with Crippen LogP contribution in [-0.2, 0) is 4.79 Å². The van der Waals surface area contributed by atoms with Gasteiger partial charge in [-0.25, -0.2) is 0 Å². The predicted octanol–water partition coefficient (Wildman–Crippen LogP) is 1.48. The summed E-state index contributed by atoms with van der Waals surface area (Å²) >= 11 is 1.85. The van der Waals surface area contributed by atoms with Crippen LogP contribution in [0.1, 0.15) is 17.9 Å². The van der Waals surface area contributed by atoms with Gasteiger partial charge in [-0.3, -0.25) is 4.79 Å². The van der Waals surface area contributed by atoms with Crippen molar-refractivity contribution in [2.75, 3.05) is 24.6 Å². The molecule has 1 fully saturated rings. The van der Waals surface area contributed by atoms with Crippen LogP contribution in [0, 0.1) is 0 Å². The van der Waals surface area contributed by atoms with Gasteiger partial charge in [0.1, 0.15) is 5.92 Å². The van der Waals surface area contributed by atoms with Crippen molar-refractivity contribution in [1.82, 2.24) is 4.90 Å². The van der Waals surface area contributed by atoms with Crippen LogP contribution < -0.4 is 5.73 Å². The first-order chi connectivity index (χ1) is 9.74. The number of oxime groups is 1. The van der Waals surface area contributed by atoms with Crippen molar-refractivity contribution in [2.24, 2.45) is 10.9 Å². The third-order valence-corrected chi connectivity index (χ3v) is 4.37. The van der Waals surface area contributed by atoms with Gasteiger partial charge in [-0.1, -0.05) is 35.5 Å². The average molecular weight is 293 g/mol. The minimum absolute atomic E-state index is 0.0573. The number of hydrogen-bond acceptors (Lipinski definition) is 4. The molecule has 1 saturated heterocycles. The molecule has 0 bridgehead atoms. The molecule has 3 N–H and O–H groups in total. The van der Waals surface area contributed by atoms with E-state index < -0.39 is 5.92 Å². The Morgan fingerprint density at radius 3 is 2.75 bits per heavy atom. The molecular weight excluding hydrogens is 274 g/mol. The van der Waals surface area contributed by atoms with Crippen molar-refractivity contribution in [3.63, 3.8) is 0 Å². The van der Waals surface area contributed by atoms with Gasteiger partial charge >= 0.3 is 0 Å². The van der Waals surface area contributed by atoms with Gasteiger partial charge in [-0.2, -0.15) is 11.8 Å². The molecule has 1 aromatic rings. The Balaban J connectivity index is 2.24. The summed E-state index contributed by atoms with van der Waals surface area (Å²) in [6.07, 6.45) is 0.980. The molecule has 1 atom stereocenters. The first-order valence-electron chi connectivity index (χ1n) is 6.63. The number of thioether (sulfide) groups is 1. The first-order valence-corrected chi connectivity index (χ1v) is 7.78. The van der Waals surface area contributed by atoms with E-state index in [2.05, 4.69) is 5.16 Å². The van der Waals surface area contributed by atoms with Crippen LogP contribution in [0.2, 0.25) is 0 Å². The molecule has 1 aliphatic rings. The van der Waals surface area contributed by atoms with Crippen molar-refractivity contribution in [3.8, 4) is 0 Å². The van der Waals surface area contributed by atoms with Gasteiger partial charge in [0.25, 0.3) is 0 Å². The second kappa shape index (κ2) is 7.19. The quantitative estimate of drug-likeness (QED) is 0.383. The Bertz CT molecular complexity index is 471. The Labute approximate surface area is 122 Å². The Morgan fingerprint density at radius 1 is 1.30 bits per heavy atom. The van der Waals surface area contributed by atoms with E-state index in [4.69, 9.17) is 10.9 Å². The number of amides is 1. The summed E-state index contributed by atoms with van der Waals surface area (Å²) in [5.41, 5.74) is 6.50. The summed E-state index contributed by atoms with van der Waals surface area (Å²) in [7, 11) is 0. The second-order valence-corrected chi connectivity index (χ2v) is 5.88. The molecule has 1 aliphatic heterocycles. The second-order valence-electron chi connectivity index (χ2n) is 4.66. The van der Waals surface area contributed by atoms with Gasteiger partial charge in [0.15, 0.2) is 5.84 Å². The largest absolute Gasteiger partial charge is 0.409 e. The van der Waals surface area contributed by atoms with E-state index in [9.17, 15) is 4.79 Å². The summed E-state index contributed by atoms with van der Waals surface area (Å²) < 4.78 is 0.